The molecule has 0 saturated carbocycles. The summed E-state index contributed by atoms with van der Waals surface area (Å²) in [5.41, 5.74) is 1.96. The Balaban J connectivity index is 1.41. The molecule has 152 valence electrons. The second-order valence-corrected chi connectivity index (χ2v) is 6.99. The lowest BCUT2D eigenvalue weighted by Gasteiger charge is -2.11. The van der Waals surface area contributed by atoms with E-state index in [9.17, 15) is 4.39 Å². The fourth-order valence-corrected chi connectivity index (χ4v) is 2.77. The number of halogens is 2. The summed E-state index contributed by atoms with van der Waals surface area (Å²) in [7, 11) is 0. The van der Waals surface area contributed by atoms with Crippen LogP contribution >= 0.6 is 11.6 Å². The summed E-state index contributed by atoms with van der Waals surface area (Å²) in [5.74, 6) is 1.37. The van der Waals surface area contributed by atoms with E-state index in [-0.39, 0.29) is 11.9 Å². The van der Waals surface area contributed by atoms with Crippen LogP contribution in [0.3, 0.4) is 0 Å². The van der Waals surface area contributed by atoms with Gasteiger partial charge < -0.3 is 14.6 Å². The molecule has 4 rings (SSSR count). The zero-order chi connectivity index (χ0) is 21.1. The lowest BCUT2D eigenvalue weighted by Crippen LogP contribution is -2.06. The molecule has 0 spiro atoms. The molecule has 0 aliphatic carbocycles. The first kappa shape index (κ1) is 19.8. The zero-order valence-corrected chi connectivity index (χ0v) is 16.9. The first-order valence-corrected chi connectivity index (χ1v) is 9.49. The molecule has 0 fully saturated rings. The van der Waals surface area contributed by atoms with Crippen molar-refractivity contribution >= 4 is 17.3 Å². The smallest absolute Gasteiger partial charge is 0.249 e. The van der Waals surface area contributed by atoms with Gasteiger partial charge in [0, 0.05) is 17.3 Å². The van der Waals surface area contributed by atoms with Crippen LogP contribution in [0.4, 0.5) is 10.1 Å². The molecule has 1 N–H and O–H groups in total. The van der Waals surface area contributed by atoms with Crippen molar-refractivity contribution in [3.05, 3.63) is 77.0 Å². The van der Waals surface area contributed by atoms with Gasteiger partial charge in [0.2, 0.25) is 17.6 Å². The lowest BCUT2D eigenvalue weighted by molar-refractivity contribution is 0.368. The van der Waals surface area contributed by atoms with E-state index in [2.05, 4.69) is 25.7 Å². The van der Waals surface area contributed by atoms with Gasteiger partial charge in [-0.1, -0.05) is 28.9 Å². The Morgan fingerprint density at radius 1 is 1.07 bits per heavy atom. The molecule has 0 aliphatic rings. The van der Waals surface area contributed by atoms with Gasteiger partial charge in [-0.3, -0.25) is 0 Å². The predicted molar refractivity (Wildman–Crippen MR) is 110 cm³/mol. The number of nitrogens with zero attached hydrogens (tertiary/aromatic N) is 4. The van der Waals surface area contributed by atoms with Crippen LogP contribution in [0.2, 0.25) is 5.15 Å². The van der Waals surface area contributed by atoms with Gasteiger partial charge >= 0.3 is 0 Å². The summed E-state index contributed by atoms with van der Waals surface area (Å²) < 4.78 is 24.7. The average Bonchev–Trinajstić information content (AvgIpc) is 3.24. The number of nitrogens with one attached hydrogen (secondary N) is 1. The zero-order valence-electron chi connectivity index (χ0n) is 16.1. The highest BCUT2D eigenvalue weighted by Crippen LogP contribution is 2.25. The van der Waals surface area contributed by atoms with Crippen LogP contribution in [-0.4, -0.2) is 20.3 Å². The van der Waals surface area contributed by atoms with Gasteiger partial charge in [-0.2, -0.15) is 4.98 Å². The third kappa shape index (κ3) is 4.55. The highest BCUT2D eigenvalue weighted by Gasteiger charge is 2.16. The quantitative estimate of drug-likeness (QED) is 0.430. The summed E-state index contributed by atoms with van der Waals surface area (Å²) >= 11 is 5.71. The minimum absolute atomic E-state index is 0.254. The van der Waals surface area contributed by atoms with Crippen LogP contribution in [0.1, 0.15) is 24.4 Å². The van der Waals surface area contributed by atoms with Crippen LogP contribution in [0.25, 0.3) is 11.4 Å². The molecule has 1 atom stereocenters. The van der Waals surface area contributed by atoms with Gasteiger partial charge in [0.15, 0.2) is 5.15 Å². The van der Waals surface area contributed by atoms with Gasteiger partial charge in [0.25, 0.3) is 0 Å². The SMILES string of the molecule is Cc1ccc(-c2noc([C@H](C)Nc3ccc(Oc4ccc(Cl)nn4)cc3)n2)cc1F. The van der Waals surface area contributed by atoms with Crippen molar-refractivity contribution in [1.29, 1.82) is 0 Å². The number of hydrogen-bond acceptors (Lipinski definition) is 7. The number of aryl methyl sites for hydroxylation is 1. The summed E-state index contributed by atoms with van der Waals surface area (Å²) in [6.07, 6.45) is 0. The maximum atomic E-state index is 13.8. The molecule has 0 bridgehead atoms. The summed E-state index contributed by atoms with van der Waals surface area (Å²) in [6, 6.07) is 15.1. The van der Waals surface area contributed by atoms with E-state index in [1.807, 2.05) is 19.1 Å². The Morgan fingerprint density at radius 3 is 2.57 bits per heavy atom. The van der Waals surface area contributed by atoms with Crippen molar-refractivity contribution in [2.45, 2.75) is 19.9 Å². The van der Waals surface area contributed by atoms with Crippen molar-refractivity contribution in [2.24, 2.45) is 0 Å². The van der Waals surface area contributed by atoms with E-state index < -0.39 is 0 Å². The average molecular weight is 426 g/mol. The maximum absolute atomic E-state index is 13.8. The van der Waals surface area contributed by atoms with Crippen molar-refractivity contribution < 1.29 is 13.7 Å². The minimum Gasteiger partial charge on any atom is -0.438 e. The molecule has 0 unspecified atom stereocenters. The molecule has 2 aromatic heterocycles. The molecule has 30 heavy (non-hydrogen) atoms. The van der Waals surface area contributed by atoms with E-state index >= 15 is 0 Å². The Labute approximate surface area is 176 Å². The molecule has 2 heterocycles. The Bertz CT molecular complexity index is 1150. The second-order valence-electron chi connectivity index (χ2n) is 6.61. The van der Waals surface area contributed by atoms with Gasteiger partial charge in [-0.15, -0.1) is 10.2 Å². The molecule has 4 aromatic rings. The maximum Gasteiger partial charge on any atom is 0.249 e. The number of rotatable bonds is 6. The van der Waals surface area contributed by atoms with Crippen LogP contribution < -0.4 is 10.1 Å². The monoisotopic (exact) mass is 425 g/mol. The highest BCUT2D eigenvalue weighted by molar-refractivity contribution is 6.29. The van der Waals surface area contributed by atoms with E-state index in [0.717, 1.165) is 5.69 Å². The number of benzene rings is 2. The van der Waals surface area contributed by atoms with Gasteiger partial charge in [0.1, 0.15) is 17.6 Å². The molecule has 9 heteroatoms. The van der Waals surface area contributed by atoms with E-state index in [0.29, 0.717) is 39.6 Å². The number of ether oxygens (including phenoxy) is 1. The fourth-order valence-electron chi connectivity index (χ4n) is 2.67. The van der Waals surface area contributed by atoms with Crippen molar-refractivity contribution in [1.82, 2.24) is 20.3 Å². The third-order valence-corrected chi connectivity index (χ3v) is 4.51. The van der Waals surface area contributed by atoms with E-state index in [1.54, 1.807) is 43.3 Å². The van der Waals surface area contributed by atoms with Crippen LogP contribution in [0.15, 0.2) is 59.1 Å². The number of aromatic nitrogens is 4. The van der Waals surface area contributed by atoms with Crippen LogP contribution in [0.5, 0.6) is 11.6 Å². The van der Waals surface area contributed by atoms with Crippen molar-refractivity contribution in [2.75, 3.05) is 5.32 Å². The largest absolute Gasteiger partial charge is 0.438 e. The summed E-state index contributed by atoms with van der Waals surface area (Å²) in [6.45, 7) is 3.59. The van der Waals surface area contributed by atoms with E-state index in [4.69, 9.17) is 20.9 Å². The minimum atomic E-state index is -0.308. The van der Waals surface area contributed by atoms with E-state index in [1.165, 1.54) is 6.07 Å². The highest BCUT2D eigenvalue weighted by atomic mass is 35.5. The molecule has 0 amide bonds. The normalized spacial score (nSPS) is 11.9. The molecule has 0 aliphatic heterocycles. The predicted octanol–water partition coefficient (Wildman–Crippen LogP) is 5.59. The summed E-state index contributed by atoms with van der Waals surface area (Å²) in [5, 5.41) is 15.1. The molecule has 0 radical (unpaired) electrons. The Hall–Kier alpha value is -3.52. The number of hydrogen-bond donors (Lipinski definition) is 1. The first-order chi connectivity index (χ1) is 14.5. The first-order valence-electron chi connectivity index (χ1n) is 9.12. The molecular weight excluding hydrogens is 409 g/mol. The third-order valence-electron chi connectivity index (χ3n) is 4.31. The van der Waals surface area contributed by atoms with Gasteiger partial charge in [0.05, 0.1) is 0 Å². The van der Waals surface area contributed by atoms with Gasteiger partial charge in [-0.25, -0.2) is 4.39 Å². The molecular formula is C21H17ClFN5O2. The summed E-state index contributed by atoms with van der Waals surface area (Å²) in [4.78, 5) is 4.37. The Morgan fingerprint density at radius 2 is 1.87 bits per heavy atom. The number of anilines is 1. The standard InChI is InChI=1S/C21H17ClFN5O2/c1-12-3-4-14(11-17(12)23)20-25-21(30-28-20)13(2)24-15-5-7-16(8-6-15)29-19-10-9-18(22)26-27-19/h3-11,13,24H,1-2H3/t13-/m0/s1. The van der Waals surface area contributed by atoms with Crippen molar-refractivity contribution in [3.63, 3.8) is 0 Å². The Kier molecular flexibility index (Phi) is 5.58. The van der Waals surface area contributed by atoms with Crippen LogP contribution in [0, 0.1) is 12.7 Å². The van der Waals surface area contributed by atoms with Crippen LogP contribution in [-0.2, 0) is 0 Å². The van der Waals surface area contributed by atoms with Gasteiger partial charge in [-0.05, 0) is 55.8 Å². The molecule has 0 saturated heterocycles. The topological polar surface area (TPSA) is 86.0 Å². The fraction of sp³-hybridized carbons (Fsp3) is 0.143. The van der Waals surface area contributed by atoms with Crippen molar-refractivity contribution in [3.8, 4) is 23.0 Å². The molecule has 2 aromatic carbocycles. The molecule has 7 nitrogen and oxygen atoms in total. The lowest BCUT2D eigenvalue weighted by atomic mass is 10.1. The second kappa shape index (κ2) is 8.46.